The second-order valence-electron chi connectivity index (χ2n) is 6.28. The van der Waals surface area contributed by atoms with Crippen LogP contribution in [0.4, 0.5) is 5.69 Å². The fraction of sp³-hybridized carbons (Fsp3) is 0.200. The molecule has 3 rings (SSSR count). The number of nitrogens with zero attached hydrogens (tertiary/aromatic N) is 2. The van der Waals surface area contributed by atoms with Gasteiger partial charge >= 0.3 is 0 Å². The molecule has 1 heterocycles. The lowest BCUT2D eigenvalue weighted by molar-refractivity contribution is -0.113. The molecule has 28 heavy (non-hydrogen) atoms. The van der Waals surface area contributed by atoms with E-state index in [9.17, 15) is 9.59 Å². The van der Waals surface area contributed by atoms with Gasteiger partial charge in [0.25, 0.3) is 5.22 Å². The van der Waals surface area contributed by atoms with E-state index in [2.05, 4.69) is 15.5 Å². The Hall–Kier alpha value is -2.64. The van der Waals surface area contributed by atoms with Crippen LogP contribution in [-0.4, -0.2) is 27.6 Å². The highest BCUT2D eigenvalue weighted by Crippen LogP contribution is 2.25. The highest BCUT2D eigenvalue weighted by Gasteiger charge is 2.17. The van der Waals surface area contributed by atoms with Crippen LogP contribution in [0.25, 0.3) is 0 Å². The van der Waals surface area contributed by atoms with E-state index in [4.69, 9.17) is 16.0 Å². The van der Waals surface area contributed by atoms with Crippen LogP contribution in [0.2, 0.25) is 5.02 Å². The average Bonchev–Trinajstić information content (AvgIpc) is 3.17. The molecule has 8 heteroatoms. The summed E-state index contributed by atoms with van der Waals surface area (Å²) in [6, 6.07) is 13.6. The summed E-state index contributed by atoms with van der Waals surface area (Å²) >= 11 is 7.19. The Balaban J connectivity index is 1.71. The molecule has 0 aliphatic heterocycles. The number of hydrogen-bond acceptors (Lipinski definition) is 6. The zero-order valence-corrected chi connectivity index (χ0v) is 16.9. The van der Waals surface area contributed by atoms with Gasteiger partial charge in [-0.2, -0.15) is 0 Å². The fourth-order valence-electron chi connectivity index (χ4n) is 2.38. The van der Waals surface area contributed by atoms with E-state index in [-0.39, 0.29) is 23.4 Å². The number of carbonyl (C=O) groups is 2. The van der Waals surface area contributed by atoms with Crippen LogP contribution >= 0.6 is 23.4 Å². The maximum Gasteiger partial charge on any atom is 0.277 e. The van der Waals surface area contributed by atoms with Crippen molar-refractivity contribution < 1.29 is 14.0 Å². The predicted molar refractivity (Wildman–Crippen MR) is 109 cm³/mol. The average molecular weight is 416 g/mol. The number of halogens is 1. The Labute approximate surface area is 171 Å². The van der Waals surface area contributed by atoms with Crippen molar-refractivity contribution in [2.45, 2.75) is 25.0 Å². The van der Waals surface area contributed by atoms with Crippen LogP contribution in [0.15, 0.2) is 58.2 Å². The largest absolute Gasteiger partial charge is 0.416 e. The molecule has 1 N–H and O–H groups in total. The van der Waals surface area contributed by atoms with E-state index in [1.807, 2.05) is 19.9 Å². The molecule has 0 aliphatic rings. The van der Waals surface area contributed by atoms with Crippen LogP contribution < -0.4 is 5.32 Å². The minimum Gasteiger partial charge on any atom is -0.416 e. The molecule has 0 unspecified atom stereocenters. The number of ketones is 1. The van der Waals surface area contributed by atoms with Crippen LogP contribution in [-0.2, 0) is 4.79 Å². The zero-order chi connectivity index (χ0) is 20.1. The number of carbonyl (C=O) groups excluding carboxylic acids is 2. The topological polar surface area (TPSA) is 85.1 Å². The van der Waals surface area contributed by atoms with Crippen molar-refractivity contribution in [3.63, 3.8) is 0 Å². The third-order valence-corrected chi connectivity index (χ3v) is 4.83. The van der Waals surface area contributed by atoms with Gasteiger partial charge in [0.15, 0.2) is 5.78 Å². The Morgan fingerprint density at radius 3 is 2.57 bits per heavy atom. The van der Waals surface area contributed by atoms with Gasteiger partial charge in [0, 0.05) is 22.1 Å². The van der Waals surface area contributed by atoms with Gasteiger partial charge in [-0.25, -0.2) is 0 Å². The van der Waals surface area contributed by atoms with Crippen molar-refractivity contribution in [2.24, 2.45) is 0 Å². The van der Waals surface area contributed by atoms with E-state index >= 15 is 0 Å². The summed E-state index contributed by atoms with van der Waals surface area (Å²) in [7, 11) is 0. The van der Waals surface area contributed by atoms with Gasteiger partial charge in [-0.15, -0.1) is 10.2 Å². The summed E-state index contributed by atoms with van der Waals surface area (Å²) in [6.45, 7) is 3.89. The van der Waals surface area contributed by atoms with Gasteiger partial charge in [-0.1, -0.05) is 67.5 Å². The molecule has 0 spiro atoms. The maximum atomic E-state index is 12.8. The molecule has 0 bridgehead atoms. The Kier molecular flexibility index (Phi) is 6.49. The lowest BCUT2D eigenvalue weighted by atomic mass is 10.0. The first-order chi connectivity index (χ1) is 13.4. The molecule has 1 amide bonds. The van der Waals surface area contributed by atoms with Crippen molar-refractivity contribution in [1.82, 2.24) is 10.2 Å². The van der Waals surface area contributed by atoms with Crippen molar-refractivity contribution in [2.75, 3.05) is 11.1 Å². The quantitative estimate of drug-likeness (QED) is 0.440. The van der Waals surface area contributed by atoms with Gasteiger partial charge < -0.3 is 9.73 Å². The van der Waals surface area contributed by atoms with Gasteiger partial charge in [0.05, 0.1) is 11.4 Å². The second-order valence-corrected chi connectivity index (χ2v) is 7.65. The highest BCUT2D eigenvalue weighted by atomic mass is 35.5. The summed E-state index contributed by atoms with van der Waals surface area (Å²) in [6.07, 6.45) is 0. The van der Waals surface area contributed by atoms with E-state index in [0.29, 0.717) is 33.0 Å². The van der Waals surface area contributed by atoms with Crippen LogP contribution in [0, 0.1) is 0 Å². The number of nitrogens with one attached hydrogen (secondary N) is 1. The van der Waals surface area contributed by atoms with Crippen molar-refractivity contribution >= 4 is 40.7 Å². The van der Waals surface area contributed by atoms with Crippen LogP contribution in [0.3, 0.4) is 0 Å². The molecule has 0 fully saturated rings. The first-order valence-electron chi connectivity index (χ1n) is 8.59. The normalized spacial score (nSPS) is 10.9. The molecule has 6 nitrogen and oxygen atoms in total. The molecule has 2 aromatic carbocycles. The number of benzene rings is 2. The molecular formula is C20H18ClN3O3S. The summed E-state index contributed by atoms with van der Waals surface area (Å²) < 4.78 is 5.47. The molecule has 0 saturated heterocycles. The lowest BCUT2D eigenvalue weighted by Gasteiger charge is -2.11. The Morgan fingerprint density at radius 1 is 1.14 bits per heavy atom. The standard InChI is InChI=1S/C20H18ClN3O3S/c1-12(2)19-23-24-20(27-19)28-11-17(25)22-16-9-8-14(21)10-15(16)18(26)13-6-4-3-5-7-13/h3-10,12H,11H2,1-2H3,(H,22,25). The predicted octanol–water partition coefficient (Wildman–Crippen LogP) is 4.81. The first-order valence-corrected chi connectivity index (χ1v) is 9.95. The molecule has 0 radical (unpaired) electrons. The number of hydrogen-bond donors (Lipinski definition) is 1. The number of thioether (sulfide) groups is 1. The first kappa shape index (κ1) is 20.1. The van der Waals surface area contributed by atoms with Gasteiger partial charge in [-0.05, 0) is 18.2 Å². The minimum atomic E-state index is -0.293. The van der Waals surface area contributed by atoms with Crippen LogP contribution in [0.1, 0.15) is 41.6 Å². The maximum absolute atomic E-state index is 12.8. The molecule has 0 atom stereocenters. The number of aromatic nitrogens is 2. The SMILES string of the molecule is CC(C)c1nnc(SCC(=O)Nc2ccc(Cl)cc2C(=O)c2ccccc2)o1. The third kappa shape index (κ3) is 4.99. The van der Waals surface area contributed by atoms with E-state index in [1.54, 1.807) is 42.5 Å². The monoisotopic (exact) mass is 415 g/mol. The fourth-order valence-corrected chi connectivity index (χ4v) is 3.13. The highest BCUT2D eigenvalue weighted by molar-refractivity contribution is 7.99. The summed E-state index contributed by atoms with van der Waals surface area (Å²) in [5, 5.41) is 11.3. The lowest BCUT2D eigenvalue weighted by Crippen LogP contribution is -2.17. The number of amides is 1. The van der Waals surface area contributed by atoms with Gasteiger partial charge in [0.1, 0.15) is 0 Å². The second kappa shape index (κ2) is 9.03. The van der Waals surface area contributed by atoms with Crippen LogP contribution in [0.5, 0.6) is 0 Å². The van der Waals surface area contributed by atoms with E-state index < -0.39 is 0 Å². The summed E-state index contributed by atoms with van der Waals surface area (Å²) in [5.74, 6) is 0.206. The number of rotatable bonds is 7. The smallest absolute Gasteiger partial charge is 0.277 e. The van der Waals surface area contributed by atoms with Gasteiger partial charge in [-0.3, -0.25) is 9.59 Å². The van der Waals surface area contributed by atoms with Gasteiger partial charge in [0.2, 0.25) is 11.8 Å². The number of anilines is 1. The third-order valence-electron chi connectivity index (χ3n) is 3.78. The molecule has 0 aliphatic carbocycles. The van der Waals surface area contributed by atoms with Crippen molar-refractivity contribution in [3.05, 3.63) is 70.6 Å². The van der Waals surface area contributed by atoms with E-state index in [1.165, 1.54) is 0 Å². The molecule has 144 valence electrons. The molecular weight excluding hydrogens is 398 g/mol. The Morgan fingerprint density at radius 2 is 1.89 bits per heavy atom. The summed E-state index contributed by atoms with van der Waals surface area (Å²) in [4.78, 5) is 25.2. The molecule has 3 aromatic rings. The molecule has 0 saturated carbocycles. The van der Waals surface area contributed by atoms with Crippen molar-refractivity contribution in [3.8, 4) is 0 Å². The minimum absolute atomic E-state index is 0.0708. The molecule has 1 aromatic heterocycles. The van der Waals surface area contributed by atoms with E-state index in [0.717, 1.165) is 11.8 Å². The summed E-state index contributed by atoms with van der Waals surface area (Å²) in [5.41, 5.74) is 1.25. The Bertz CT molecular complexity index is 989. The zero-order valence-electron chi connectivity index (χ0n) is 15.3. The van der Waals surface area contributed by atoms with Crippen molar-refractivity contribution in [1.29, 1.82) is 0 Å².